The zero-order valence-corrected chi connectivity index (χ0v) is 10.4. The smallest absolute Gasteiger partial charge is 0.264 e. The van der Waals surface area contributed by atoms with Gasteiger partial charge in [0.15, 0.2) is 0 Å². The van der Waals surface area contributed by atoms with E-state index in [2.05, 4.69) is 9.18 Å². The van der Waals surface area contributed by atoms with Crippen LogP contribution in [0.5, 0.6) is 0 Å². The second-order valence-electron chi connectivity index (χ2n) is 2.58. The molecule has 0 aromatic heterocycles. The Kier molecular flexibility index (Phi) is 7.22. The first-order chi connectivity index (χ1) is 6.49. The molecule has 0 heterocycles. The second kappa shape index (κ2) is 7.25. The van der Waals surface area contributed by atoms with Crippen molar-refractivity contribution >= 4 is 26.9 Å². The average molecular weight is 239 g/mol. The van der Waals surface area contributed by atoms with Crippen molar-refractivity contribution in [2.75, 3.05) is 25.2 Å². The maximum absolute atomic E-state index is 10.7. The van der Waals surface area contributed by atoms with Crippen LogP contribution in [0.4, 0.5) is 0 Å². The van der Waals surface area contributed by atoms with Crippen LogP contribution in [-0.4, -0.2) is 38.6 Å². The fourth-order valence-electron chi connectivity index (χ4n) is 0.820. The van der Waals surface area contributed by atoms with Crippen LogP contribution in [0.1, 0.15) is 20.3 Å². The lowest BCUT2D eigenvalue weighted by molar-refractivity contribution is 0.333. The quantitative estimate of drug-likeness (QED) is 0.401. The summed E-state index contributed by atoms with van der Waals surface area (Å²) >= 11 is 1.63. The fourth-order valence-corrected chi connectivity index (χ4v) is 1.99. The van der Waals surface area contributed by atoms with Crippen LogP contribution in [0.25, 0.3) is 0 Å². The third kappa shape index (κ3) is 8.52. The van der Waals surface area contributed by atoms with Gasteiger partial charge in [0.05, 0.1) is 17.9 Å². The summed E-state index contributed by atoms with van der Waals surface area (Å²) in [6, 6.07) is 0. The van der Waals surface area contributed by atoms with Gasteiger partial charge in [-0.3, -0.25) is 9.18 Å². The Bertz CT molecular complexity index is 272. The average Bonchev–Trinajstić information content (AvgIpc) is 2.02. The summed E-state index contributed by atoms with van der Waals surface area (Å²) in [5.74, 6) is 0.942. The minimum atomic E-state index is -3.31. The first-order valence-electron chi connectivity index (χ1n) is 4.50. The van der Waals surface area contributed by atoms with E-state index in [1.54, 1.807) is 11.8 Å². The Morgan fingerprint density at radius 2 is 2.07 bits per heavy atom. The normalized spacial score (nSPS) is 13.2. The van der Waals surface area contributed by atoms with Gasteiger partial charge in [-0.25, -0.2) is 0 Å². The molecule has 0 radical (unpaired) electrons. The summed E-state index contributed by atoms with van der Waals surface area (Å²) in [4.78, 5) is 4.24. The van der Waals surface area contributed by atoms with Gasteiger partial charge >= 0.3 is 0 Å². The summed E-state index contributed by atoms with van der Waals surface area (Å²) in [6.45, 7) is 4.90. The molecule has 84 valence electrons. The van der Waals surface area contributed by atoms with Crippen molar-refractivity contribution in [3.63, 3.8) is 0 Å². The van der Waals surface area contributed by atoms with Crippen molar-refractivity contribution in [3.8, 4) is 0 Å². The van der Waals surface area contributed by atoms with Gasteiger partial charge in [-0.2, -0.15) is 8.42 Å². The van der Waals surface area contributed by atoms with E-state index in [4.69, 9.17) is 0 Å². The second-order valence-corrected chi connectivity index (χ2v) is 5.56. The highest BCUT2D eigenvalue weighted by molar-refractivity contribution is 8.13. The van der Waals surface area contributed by atoms with Crippen LogP contribution in [0, 0.1) is 0 Å². The first kappa shape index (κ1) is 13.9. The van der Waals surface area contributed by atoms with E-state index in [1.807, 2.05) is 13.8 Å². The predicted octanol–water partition coefficient (Wildman–Crippen LogP) is 1.52. The SMILES string of the molecule is CC/N=C(/CCOS(C)(=O)=O)SCC. The lowest BCUT2D eigenvalue weighted by Gasteiger charge is -2.04. The van der Waals surface area contributed by atoms with Gasteiger partial charge in [0.2, 0.25) is 0 Å². The van der Waals surface area contributed by atoms with E-state index in [0.717, 1.165) is 23.6 Å². The molecule has 0 amide bonds. The summed E-state index contributed by atoms with van der Waals surface area (Å²) in [5.41, 5.74) is 0. The minimum Gasteiger partial charge on any atom is -0.283 e. The maximum Gasteiger partial charge on any atom is 0.264 e. The van der Waals surface area contributed by atoms with Gasteiger partial charge in [0.25, 0.3) is 10.1 Å². The lowest BCUT2D eigenvalue weighted by Crippen LogP contribution is -2.07. The van der Waals surface area contributed by atoms with E-state index < -0.39 is 10.1 Å². The van der Waals surface area contributed by atoms with Gasteiger partial charge in [-0.05, 0) is 12.7 Å². The van der Waals surface area contributed by atoms with E-state index in [0.29, 0.717) is 6.42 Å². The van der Waals surface area contributed by atoms with Gasteiger partial charge in [0, 0.05) is 13.0 Å². The highest BCUT2D eigenvalue weighted by Gasteiger charge is 2.04. The van der Waals surface area contributed by atoms with Crippen LogP contribution in [0.2, 0.25) is 0 Å². The summed E-state index contributed by atoms with van der Waals surface area (Å²) in [5, 5.41) is 0.957. The van der Waals surface area contributed by atoms with Crippen molar-refractivity contribution in [2.45, 2.75) is 20.3 Å². The Morgan fingerprint density at radius 1 is 1.43 bits per heavy atom. The van der Waals surface area contributed by atoms with Crippen LogP contribution < -0.4 is 0 Å². The van der Waals surface area contributed by atoms with Crippen LogP contribution in [0.15, 0.2) is 4.99 Å². The van der Waals surface area contributed by atoms with Gasteiger partial charge in [-0.15, -0.1) is 11.8 Å². The molecule has 0 rings (SSSR count). The Labute approximate surface area is 90.3 Å². The molecule has 0 saturated carbocycles. The molecule has 4 nitrogen and oxygen atoms in total. The van der Waals surface area contributed by atoms with E-state index in [-0.39, 0.29) is 6.61 Å². The predicted molar refractivity (Wildman–Crippen MR) is 61.5 cm³/mol. The lowest BCUT2D eigenvalue weighted by atomic mass is 10.5. The molecule has 6 heteroatoms. The highest BCUT2D eigenvalue weighted by Crippen LogP contribution is 2.08. The molecule has 0 atom stereocenters. The Hall–Kier alpha value is -0.0700. The molecule has 14 heavy (non-hydrogen) atoms. The molecule has 0 aliphatic carbocycles. The summed E-state index contributed by atoms with van der Waals surface area (Å²) < 4.78 is 25.9. The molecule has 0 aliphatic rings. The molecule has 0 aromatic rings. The number of aliphatic imine (C=N–C) groups is 1. The van der Waals surface area contributed by atoms with Crippen LogP contribution in [-0.2, 0) is 14.3 Å². The number of hydrogen-bond acceptors (Lipinski definition) is 5. The topological polar surface area (TPSA) is 55.7 Å². The first-order valence-corrected chi connectivity index (χ1v) is 7.30. The third-order valence-electron chi connectivity index (χ3n) is 1.26. The Morgan fingerprint density at radius 3 is 2.50 bits per heavy atom. The van der Waals surface area contributed by atoms with Crippen molar-refractivity contribution in [1.29, 1.82) is 0 Å². The van der Waals surface area contributed by atoms with Crippen molar-refractivity contribution < 1.29 is 12.6 Å². The summed E-state index contributed by atoms with van der Waals surface area (Å²) in [7, 11) is -3.31. The minimum absolute atomic E-state index is 0.185. The molecule has 0 saturated heterocycles. The monoisotopic (exact) mass is 239 g/mol. The molecule has 0 unspecified atom stereocenters. The largest absolute Gasteiger partial charge is 0.283 e. The van der Waals surface area contributed by atoms with Gasteiger partial charge in [0.1, 0.15) is 0 Å². The van der Waals surface area contributed by atoms with Crippen LogP contribution in [0.3, 0.4) is 0 Å². The third-order valence-corrected chi connectivity index (χ3v) is 2.81. The number of rotatable bonds is 6. The number of nitrogens with zero attached hydrogens (tertiary/aromatic N) is 1. The molecular weight excluding hydrogens is 222 g/mol. The number of thioether (sulfide) groups is 1. The van der Waals surface area contributed by atoms with E-state index in [9.17, 15) is 8.42 Å². The molecule has 0 spiro atoms. The summed E-state index contributed by atoms with van der Waals surface area (Å²) in [6.07, 6.45) is 1.62. The number of hydrogen-bond donors (Lipinski definition) is 0. The molecular formula is C8H17NO3S2. The van der Waals surface area contributed by atoms with Crippen molar-refractivity contribution in [3.05, 3.63) is 0 Å². The molecule has 0 N–H and O–H groups in total. The van der Waals surface area contributed by atoms with Gasteiger partial charge < -0.3 is 0 Å². The molecule has 0 fully saturated rings. The molecule has 0 bridgehead atoms. The van der Waals surface area contributed by atoms with Gasteiger partial charge in [-0.1, -0.05) is 6.92 Å². The van der Waals surface area contributed by atoms with E-state index >= 15 is 0 Å². The molecule has 0 aromatic carbocycles. The Balaban J connectivity index is 3.89. The van der Waals surface area contributed by atoms with Crippen molar-refractivity contribution in [2.24, 2.45) is 4.99 Å². The van der Waals surface area contributed by atoms with Crippen LogP contribution >= 0.6 is 11.8 Å². The molecule has 0 aliphatic heterocycles. The fraction of sp³-hybridized carbons (Fsp3) is 0.875. The van der Waals surface area contributed by atoms with E-state index in [1.165, 1.54) is 0 Å². The zero-order valence-electron chi connectivity index (χ0n) is 8.82. The standard InChI is InChI=1S/C8H17NO3S2/c1-4-9-8(13-5-2)6-7-12-14(3,10)11/h4-7H2,1-3H3/b9-8-. The maximum atomic E-state index is 10.7. The highest BCUT2D eigenvalue weighted by atomic mass is 32.2. The zero-order chi connectivity index (χ0) is 11.0. The van der Waals surface area contributed by atoms with Crippen molar-refractivity contribution in [1.82, 2.24) is 0 Å².